The highest BCUT2D eigenvalue weighted by Gasteiger charge is 2.56. The Morgan fingerprint density at radius 3 is 2.43 bits per heavy atom. The zero-order valence-electron chi connectivity index (χ0n) is 27.6. The van der Waals surface area contributed by atoms with Crippen molar-refractivity contribution in [2.45, 2.75) is 109 Å². The number of piperidine rings is 2. The summed E-state index contributed by atoms with van der Waals surface area (Å²) in [5.74, 6) is -0.690. The molecule has 0 amide bonds. The fourth-order valence-corrected chi connectivity index (χ4v) is 11.7. The van der Waals surface area contributed by atoms with Crippen LogP contribution in [-0.2, 0) is 22.6 Å². The third kappa shape index (κ3) is 3.85. The molecule has 5 unspecified atom stereocenters. The number of aliphatic hydroxyl groups is 1. The molecule has 0 spiro atoms. The molecule has 7 aliphatic rings. The van der Waals surface area contributed by atoms with Gasteiger partial charge in [-0.05, 0) is 129 Å². The first-order chi connectivity index (χ1) is 22.4. The van der Waals surface area contributed by atoms with Crippen LogP contribution in [0.2, 0.25) is 0 Å². The van der Waals surface area contributed by atoms with Crippen molar-refractivity contribution in [1.29, 1.82) is 0 Å². The number of aliphatic imine (C=N–C) groups is 1. The van der Waals surface area contributed by atoms with Crippen molar-refractivity contribution in [2.75, 3.05) is 32.7 Å². The quantitative estimate of drug-likeness (QED) is 0.422. The highest BCUT2D eigenvalue weighted by molar-refractivity contribution is 6.58. The molecule has 1 aliphatic carbocycles. The number of nitrogens with zero attached hydrogens (tertiary/aromatic N) is 4. The van der Waals surface area contributed by atoms with Crippen LogP contribution in [0.15, 0.2) is 46.0 Å². The molecule has 0 bridgehead atoms. The summed E-state index contributed by atoms with van der Waals surface area (Å²) in [5, 5.41) is 11.4. The van der Waals surface area contributed by atoms with Crippen molar-refractivity contribution >= 4 is 28.2 Å². The Bertz CT molecular complexity index is 1760. The van der Waals surface area contributed by atoms with Crippen molar-refractivity contribution in [1.82, 2.24) is 14.4 Å². The van der Waals surface area contributed by atoms with E-state index in [1.807, 2.05) is 0 Å². The van der Waals surface area contributed by atoms with Gasteiger partial charge in [0.05, 0.1) is 30.0 Å². The van der Waals surface area contributed by atoms with Crippen LogP contribution in [0.5, 0.6) is 0 Å². The number of carbonyl (C=O) groups excluding carboxylic acids is 2. The van der Waals surface area contributed by atoms with Crippen LogP contribution in [-0.4, -0.2) is 75.5 Å². The van der Waals surface area contributed by atoms with E-state index < -0.39 is 0 Å². The zero-order chi connectivity index (χ0) is 31.4. The molecule has 46 heavy (non-hydrogen) atoms. The third-order valence-electron chi connectivity index (χ3n) is 13.8. The predicted octanol–water partition coefficient (Wildman–Crippen LogP) is 6.04. The lowest BCUT2D eigenvalue weighted by Gasteiger charge is -2.57. The third-order valence-corrected chi connectivity index (χ3v) is 13.8. The second-order valence-corrected chi connectivity index (χ2v) is 15.5. The second-order valence-electron chi connectivity index (χ2n) is 15.5. The number of carbonyl (C=O) groups is 2. The summed E-state index contributed by atoms with van der Waals surface area (Å²) in [6.45, 7) is 9.69. The maximum Gasteiger partial charge on any atom is 0.235 e. The molecule has 3 fully saturated rings. The second kappa shape index (κ2) is 10.6. The Kier molecular flexibility index (Phi) is 6.73. The lowest BCUT2D eigenvalue weighted by molar-refractivity contribution is -0.131. The van der Waals surface area contributed by atoms with Crippen LogP contribution in [0.1, 0.15) is 107 Å². The van der Waals surface area contributed by atoms with E-state index in [9.17, 15) is 14.7 Å². The molecule has 0 saturated carbocycles. The summed E-state index contributed by atoms with van der Waals surface area (Å²) in [6.07, 6.45) is 13.6. The van der Waals surface area contributed by atoms with E-state index in [-0.39, 0.29) is 41.1 Å². The summed E-state index contributed by atoms with van der Waals surface area (Å²) < 4.78 is 2.58. The highest BCUT2D eigenvalue weighted by atomic mass is 16.3. The maximum absolute atomic E-state index is 14.2. The topological polar surface area (TPSA) is 78.1 Å². The number of aliphatic hydroxyl groups excluding tert-OH is 1. The van der Waals surface area contributed by atoms with E-state index in [0.29, 0.717) is 18.2 Å². The van der Waals surface area contributed by atoms with Crippen LogP contribution in [0.4, 0.5) is 0 Å². The minimum atomic E-state index is -0.363. The molecular weight excluding hydrogens is 572 g/mol. The number of Topliss-reactive ketones (excluding diaryl/α,β-unsaturated/α-hetero) is 1. The first-order valence-electron chi connectivity index (χ1n) is 18.3. The SMILES string of the molecule is CCC12CCCN=C3C(C4CC5(CC)CCCN6CCc7c(n4c4ccc(CO)cc74)C65)=CC(=O)C(=O)/C3=C3\CCN(CCC1)C32. The molecule has 242 valence electrons. The number of ketones is 2. The smallest absolute Gasteiger partial charge is 0.235 e. The van der Waals surface area contributed by atoms with Crippen LogP contribution < -0.4 is 0 Å². The number of hydrogen-bond acceptors (Lipinski definition) is 6. The predicted molar refractivity (Wildman–Crippen MR) is 180 cm³/mol. The molecule has 0 radical (unpaired) electrons. The van der Waals surface area contributed by atoms with Gasteiger partial charge in [0, 0.05) is 47.8 Å². The van der Waals surface area contributed by atoms with Crippen molar-refractivity contribution < 1.29 is 14.7 Å². The van der Waals surface area contributed by atoms with Crippen molar-refractivity contribution in [3.63, 3.8) is 0 Å². The van der Waals surface area contributed by atoms with Gasteiger partial charge in [-0.3, -0.25) is 24.4 Å². The molecule has 1 N–H and O–H groups in total. The lowest BCUT2D eigenvalue weighted by atomic mass is 9.61. The van der Waals surface area contributed by atoms with Crippen molar-refractivity contribution in [3.05, 3.63) is 57.8 Å². The van der Waals surface area contributed by atoms with E-state index in [2.05, 4.69) is 46.4 Å². The lowest BCUT2D eigenvalue weighted by Crippen LogP contribution is -2.53. The maximum atomic E-state index is 14.2. The molecule has 1 aromatic carbocycles. The standard InChI is InChI=1S/C39H48N4O3/c1-3-38-12-5-15-40-33-28(21-31(45)35(46)32(33)26-11-19-41(36(26)38)16-6-13-38)30-22-39(4-2)14-7-17-42-18-10-25-27-20-24(23-44)8-9-29(27)43(30)34(25)37(39)42/h8-9,20-21,30,36-37,44H,3-7,10-19,22-23H2,1-2H3/b32-26+,40-33?. The van der Waals surface area contributed by atoms with Gasteiger partial charge in [0.15, 0.2) is 0 Å². The Morgan fingerprint density at radius 2 is 1.65 bits per heavy atom. The van der Waals surface area contributed by atoms with Crippen molar-refractivity contribution in [3.8, 4) is 0 Å². The molecule has 3 saturated heterocycles. The Labute approximate surface area is 272 Å². The summed E-state index contributed by atoms with van der Waals surface area (Å²) in [6, 6.07) is 6.99. The van der Waals surface area contributed by atoms with Crippen LogP contribution in [0.3, 0.4) is 0 Å². The van der Waals surface area contributed by atoms with Crippen molar-refractivity contribution in [2.24, 2.45) is 15.8 Å². The highest BCUT2D eigenvalue weighted by Crippen LogP contribution is 2.61. The van der Waals surface area contributed by atoms with E-state index >= 15 is 0 Å². The molecule has 2 aromatic rings. The molecule has 9 rings (SSSR count). The largest absolute Gasteiger partial charge is 0.392 e. The average Bonchev–Trinajstić information content (AvgIpc) is 3.68. The van der Waals surface area contributed by atoms with Gasteiger partial charge < -0.3 is 9.67 Å². The first kappa shape index (κ1) is 29.3. The van der Waals surface area contributed by atoms with E-state index in [4.69, 9.17) is 4.99 Å². The Balaban J connectivity index is 1.29. The first-order valence-corrected chi connectivity index (χ1v) is 18.3. The molecule has 7 heterocycles. The molecule has 5 atom stereocenters. The fourth-order valence-electron chi connectivity index (χ4n) is 11.7. The number of fused-ring (bicyclic) bond motifs is 4. The zero-order valence-corrected chi connectivity index (χ0v) is 27.6. The summed E-state index contributed by atoms with van der Waals surface area (Å²) >= 11 is 0. The number of benzene rings is 1. The summed E-state index contributed by atoms with van der Waals surface area (Å²) in [5.41, 5.74) is 8.92. The molecule has 6 aliphatic heterocycles. The minimum absolute atomic E-state index is 0.0285. The molecule has 7 heteroatoms. The van der Waals surface area contributed by atoms with E-state index in [0.717, 1.165) is 88.0 Å². The van der Waals surface area contributed by atoms with E-state index in [1.165, 1.54) is 53.4 Å². The number of allylic oxidation sites excluding steroid dienone is 3. The molecule has 7 nitrogen and oxygen atoms in total. The van der Waals surface area contributed by atoms with Crippen LogP contribution in [0.25, 0.3) is 10.9 Å². The number of aromatic nitrogens is 1. The van der Waals surface area contributed by atoms with Gasteiger partial charge in [-0.2, -0.15) is 0 Å². The molecular formula is C39H48N4O3. The number of hydrogen-bond donors (Lipinski definition) is 1. The van der Waals surface area contributed by atoms with Gasteiger partial charge in [0.25, 0.3) is 0 Å². The van der Waals surface area contributed by atoms with E-state index in [1.54, 1.807) is 6.08 Å². The fraction of sp³-hybridized carbons (Fsp3) is 0.615. The minimum Gasteiger partial charge on any atom is -0.392 e. The summed E-state index contributed by atoms with van der Waals surface area (Å²) in [4.78, 5) is 38.9. The summed E-state index contributed by atoms with van der Waals surface area (Å²) in [7, 11) is 0. The van der Waals surface area contributed by atoms with Crippen LogP contribution in [0, 0.1) is 10.8 Å². The van der Waals surface area contributed by atoms with Crippen LogP contribution >= 0.6 is 0 Å². The van der Waals surface area contributed by atoms with Gasteiger partial charge in [0.2, 0.25) is 11.6 Å². The van der Waals surface area contributed by atoms with Gasteiger partial charge in [-0.1, -0.05) is 19.9 Å². The van der Waals surface area contributed by atoms with Gasteiger partial charge in [-0.15, -0.1) is 0 Å². The van der Waals surface area contributed by atoms with Gasteiger partial charge in [0.1, 0.15) is 0 Å². The molecule has 1 aromatic heterocycles. The van der Waals surface area contributed by atoms with Gasteiger partial charge >= 0.3 is 0 Å². The monoisotopic (exact) mass is 620 g/mol. The Morgan fingerprint density at radius 1 is 0.913 bits per heavy atom. The normalized spacial score (nSPS) is 35.9. The number of rotatable bonds is 4. The van der Waals surface area contributed by atoms with Gasteiger partial charge in [-0.25, -0.2) is 0 Å². The average molecular weight is 621 g/mol. The Hall–Kier alpha value is -2.87.